The molecule has 38 heavy (non-hydrogen) atoms. The molecule has 2 N–H and O–H groups in total. The van der Waals surface area contributed by atoms with Gasteiger partial charge in [-0.2, -0.15) is 18.2 Å². The fourth-order valence-electron chi connectivity index (χ4n) is 4.63. The van der Waals surface area contributed by atoms with E-state index < -0.39 is 23.4 Å². The number of ether oxygens (including phenoxy) is 1. The Balaban J connectivity index is 1.40. The largest absolute Gasteiger partial charge is 0.477 e. The number of hydrogen-bond donors (Lipinski definition) is 2. The Kier molecular flexibility index (Phi) is 6.64. The van der Waals surface area contributed by atoms with Gasteiger partial charge in [-0.15, -0.1) is 0 Å². The Bertz CT molecular complexity index is 1340. The molecule has 200 valence electrons. The molecule has 1 aromatic carbocycles. The molecule has 2 amide bonds. The molecule has 0 aliphatic carbocycles. The summed E-state index contributed by atoms with van der Waals surface area (Å²) in [4.78, 5) is 26.2. The Morgan fingerprint density at radius 3 is 2.68 bits per heavy atom. The Morgan fingerprint density at radius 2 is 1.92 bits per heavy atom. The zero-order valence-electron chi connectivity index (χ0n) is 21.0. The van der Waals surface area contributed by atoms with Crippen LogP contribution in [-0.2, 0) is 6.18 Å². The molecule has 11 heteroatoms. The first-order valence-corrected chi connectivity index (χ1v) is 12.3. The molecule has 3 aromatic rings. The molecule has 8 nitrogen and oxygen atoms in total. The zero-order valence-corrected chi connectivity index (χ0v) is 21.0. The van der Waals surface area contributed by atoms with Crippen molar-refractivity contribution in [2.24, 2.45) is 0 Å². The van der Waals surface area contributed by atoms with Crippen LogP contribution in [0, 0.1) is 0 Å². The van der Waals surface area contributed by atoms with E-state index in [4.69, 9.17) is 4.74 Å². The van der Waals surface area contributed by atoms with Gasteiger partial charge in [0.05, 0.1) is 35.2 Å². The highest BCUT2D eigenvalue weighted by molar-refractivity contribution is 6.04. The molecule has 1 atom stereocenters. The van der Waals surface area contributed by atoms with Crippen molar-refractivity contribution < 1.29 is 27.8 Å². The molecule has 2 bridgehead atoms. The Labute approximate surface area is 218 Å². The highest BCUT2D eigenvalue weighted by atomic mass is 19.4. The molecule has 1 saturated heterocycles. The molecule has 2 aliphatic heterocycles. The van der Waals surface area contributed by atoms with Gasteiger partial charge in [-0.05, 0) is 50.6 Å². The SMILES string of the molecule is CC(C)(O)CCOc1cccc(NC(=O)N2c3nc(-c4cccc(C(F)(F)F)c4)ccc3N3CC[C@H]2C3)n1. The number of anilines is 3. The second-order valence-corrected chi connectivity index (χ2v) is 10.1. The van der Waals surface area contributed by atoms with Gasteiger partial charge in [0, 0.05) is 31.1 Å². The number of amides is 2. The van der Waals surface area contributed by atoms with Crippen LogP contribution in [0.2, 0.25) is 0 Å². The maximum absolute atomic E-state index is 13.5. The van der Waals surface area contributed by atoms with Gasteiger partial charge >= 0.3 is 12.2 Å². The number of nitrogens with one attached hydrogen (secondary N) is 1. The minimum Gasteiger partial charge on any atom is -0.477 e. The summed E-state index contributed by atoms with van der Waals surface area (Å²) in [5.74, 6) is 0.985. The van der Waals surface area contributed by atoms with E-state index in [9.17, 15) is 23.1 Å². The summed E-state index contributed by atoms with van der Waals surface area (Å²) in [6.07, 6.45) is -3.33. The number of carbonyl (C=O) groups is 1. The number of hydrogen-bond acceptors (Lipinski definition) is 6. The molecule has 0 spiro atoms. The van der Waals surface area contributed by atoms with Gasteiger partial charge in [0.25, 0.3) is 0 Å². The van der Waals surface area contributed by atoms with Crippen LogP contribution in [-0.4, -0.2) is 52.4 Å². The molecular formula is C27H28F3N5O3. The lowest BCUT2D eigenvalue weighted by atomic mass is 10.1. The number of benzene rings is 1. The first kappa shape index (κ1) is 25.8. The molecule has 1 fully saturated rings. The van der Waals surface area contributed by atoms with Gasteiger partial charge < -0.3 is 14.7 Å². The van der Waals surface area contributed by atoms with Crippen molar-refractivity contribution in [3.8, 4) is 17.1 Å². The molecule has 5 rings (SSSR count). The number of pyridine rings is 2. The smallest absolute Gasteiger partial charge is 0.416 e. The third-order valence-electron chi connectivity index (χ3n) is 6.58. The molecule has 2 aromatic heterocycles. The number of carbonyl (C=O) groups excluding carboxylic acids is 1. The summed E-state index contributed by atoms with van der Waals surface area (Å²) < 4.78 is 45.5. The minimum atomic E-state index is -4.47. The molecule has 0 saturated carbocycles. The van der Waals surface area contributed by atoms with Crippen LogP contribution in [0.5, 0.6) is 5.88 Å². The van der Waals surface area contributed by atoms with Crippen LogP contribution in [0.25, 0.3) is 11.3 Å². The number of alkyl halides is 3. The fraction of sp³-hybridized carbons (Fsp3) is 0.370. The van der Waals surface area contributed by atoms with Crippen molar-refractivity contribution in [2.45, 2.75) is 44.5 Å². The summed E-state index contributed by atoms with van der Waals surface area (Å²) in [7, 11) is 0. The van der Waals surface area contributed by atoms with Gasteiger partial charge in [0.1, 0.15) is 5.82 Å². The molecule has 4 heterocycles. The predicted molar refractivity (Wildman–Crippen MR) is 137 cm³/mol. The van der Waals surface area contributed by atoms with Gasteiger partial charge in [-0.1, -0.05) is 18.2 Å². The number of urea groups is 1. The summed E-state index contributed by atoms with van der Waals surface area (Å²) in [5, 5.41) is 12.7. The van der Waals surface area contributed by atoms with Crippen molar-refractivity contribution in [3.05, 3.63) is 60.2 Å². The van der Waals surface area contributed by atoms with Gasteiger partial charge in [0.15, 0.2) is 5.82 Å². The van der Waals surface area contributed by atoms with Crippen LogP contribution in [0.1, 0.15) is 32.3 Å². The number of aliphatic hydroxyl groups is 1. The van der Waals surface area contributed by atoms with Crippen LogP contribution in [0.15, 0.2) is 54.6 Å². The highest BCUT2D eigenvalue weighted by Crippen LogP contribution is 2.41. The number of halogens is 3. The maximum atomic E-state index is 13.5. The van der Waals surface area contributed by atoms with Crippen LogP contribution in [0.3, 0.4) is 0 Å². The van der Waals surface area contributed by atoms with E-state index >= 15 is 0 Å². The standard InChI is InChI=1S/C27H28F3N5O3/c1-26(2,37)12-14-38-23-8-4-7-22(32-23)33-25(36)35-19-11-13-34(16-19)21-10-9-20(31-24(21)35)17-5-3-6-18(15-17)27(28,29)30/h3-10,15,19,37H,11-14,16H2,1-2H3,(H,32,33,36)/t19-/m0/s1. The second kappa shape index (κ2) is 9.79. The Morgan fingerprint density at radius 1 is 1.13 bits per heavy atom. The third kappa shape index (κ3) is 5.52. The summed E-state index contributed by atoms with van der Waals surface area (Å²) in [5.41, 5.74) is -0.225. The van der Waals surface area contributed by atoms with E-state index in [1.165, 1.54) is 6.07 Å². The quantitative estimate of drug-likeness (QED) is 0.450. The van der Waals surface area contributed by atoms with Crippen molar-refractivity contribution in [2.75, 3.05) is 34.8 Å². The van der Waals surface area contributed by atoms with Crippen molar-refractivity contribution in [1.82, 2.24) is 9.97 Å². The van der Waals surface area contributed by atoms with Gasteiger partial charge in [-0.25, -0.2) is 9.78 Å². The van der Waals surface area contributed by atoms with Crippen molar-refractivity contribution in [1.29, 1.82) is 0 Å². The number of nitrogens with zero attached hydrogens (tertiary/aromatic N) is 4. The minimum absolute atomic E-state index is 0.141. The van der Waals surface area contributed by atoms with E-state index in [2.05, 4.69) is 20.2 Å². The average Bonchev–Trinajstić information content (AvgIpc) is 3.27. The monoisotopic (exact) mass is 527 g/mol. The normalized spacial score (nSPS) is 16.8. The molecule has 0 unspecified atom stereocenters. The van der Waals surface area contributed by atoms with E-state index in [1.54, 1.807) is 55.1 Å². The van der Waals surface area contributed by atoms with Crippen molar-refractivity contribution in [3.63, 3.8) is 0 Å². The van der Waals surface area contributed by atoms with Crippen LogP contribution >= 0.6 is 0 Å². The average molecular weight is 528 g/mol. The maximum Gasteiger partial charge on any atom is 0.416 e. The van der Waals surface area contributed by atoms with E-state index in [-0.39, 0.29) is 18.5 Å². The van der Waals surface area contributed by atoms with E-state index in [0.717, 1.165) is 30.8 Å². The summed E-state index contributed by atoms with van der Waals surface area (Å²) in [6, 6.07) is 12.9. The van der Waals surface area contributed by atoms with Gasteiger partial charge in [0.2, 0.25) is 5.88 Å². The Hall–Kier alpha value is -3.86. The van der Waals surface area contributed by atoms with Crippen LogP contribution in [0.4, 0.5) is 35.3 Å². The third-order valence-corrected chi connectivity index (χ3v) is 6.58. The predicted octanol–water partition coefficient (Wildman–Crippen LogP) is 5.33. The highest BCUT2D eigenvalue weighted by Gasteiger charge is 2.40. The van der Waals surface area contributed by atoms with Crippen molar-refractivity contribution >= 4 is 23.4 Å². The van der Waals surface area contributed by atoms with Crippen LogP contribution < -0.4 is 19.9 Å². The lowest BCUT2D eigenvalue weighted by Gasteiger charge is -2.35. The first-order valence-electron chi connectivity index (χ1n) is 12.3. The number of rotatable bonds is 6. The molecule has 0 radical (unpaired) electrons. The first-order chi connectivity index (χ1) is 18.0. The second-order valence-electron chi connectivity index (χ2n) is 10.1. The fourth-order valence-corrected chi connectivity index (χ4v) is 4.63. The van der Waals surface area contributed by atoms with E-state index in [0.29, 0.717) is 35.9 Å². The molecule has 2 aliphatic rings. The van der Waals surface area contributed by atoms with Gasteiger partial charge in [-0.3, -0.25) is 10.2 Å². The topological polar surface area (TPSA) is 90.8 Å². The zero-order chi connectivity index (χ0) is 27.1. The number of fused-ring (bicyclic) bond motifs is 4. The lowest BCUT2D eigenvalue weighted by molar-refractivity contribution is -0.137. The summed E-state index contributed by atoms with van der Waals surface area (Å²) in [6.45, 7) is 5.02. The lowest BCUT2D eigenvalue weighted by Crippen LogP contribution is -2.48. The molecular weight excluding hydrogens is 499 g/mol. The number of aromatic nitrogens is 2. The summed E-state index contributed by atoms with van der Waals surface area (Å²) >= 11 is 0. The van der Waals surface area contributed by atoms with E-state index in [1.807, 2.05) is 0 Å².